The standard InChI is InChI=1S/C17H15BrFN3.C9H6ClFN2.C8H10BrN.CH4.2H2S/c1-10(12-3-5-13(18)6-4-12)20-17-15-8-7-14(19)9-16(15)21-11(2)22-17;1-5-12-8-4-6(11)2-3-7(8)9(10)13-5;1-6(10)7-2-4-8(9)5-3-7;;;/h3-10H,1-2H3,(H,20,21,22);2-4H,1H3;2-6H,10H2,1H3;1H4;2*1H2/t10-;;6-;;;/m0.0.../s1. The highest BCUT2D eigenvalue weighted by atomic mass is 79.9. The van der Waals surface area contributed by atoms with Gasteiger partial charge in [-0.05, 0) is 87.4 Å². The molecular weight excluding hydrogens is 802 g/mol. The Kier molecular flexibility index (Phi) is 17.9. The molecule has 0 aliphatic heterocycles. The SMILES string of the molecule is C.C[C@H](N)c1ccc(Br)cc1.Cc1nc(Cl)c2ccc(F)cc2n1.Cc1nc(N[C@@H](C)c2ccc(Br)cc2)c2ccc(F)cc2n1.S.S. The van der Waals surface area contributed by atoms with Crippen LogP contribution < -0.4 is 11.1 Å². The van der Waals surface area contributed by atoms with Gasteiger partial charge in [-0.25, -0.2) is 28.7 Å². The fraction of sp³-hybridized carbons (Fsp3) is 0.200. The van der Waals surface area contributed by atoms with Crippen molar-refractivity contribution in [2.45, 2.75) is 47.2 Å². The summed E-state index contributed by atoms with van der Waals surface area (Å²) >= 11 is 12.6. The molecule has 2 aromatic heterocycles. The molecular formula is C35H39Br2ClF2N6S2. The van der Waals surface area contributed by atoms with Crippen molar-refractivity contribution in [2.75, 3.05) is 5.32 Å². The topological polar surface area (TPSA) is 89.6 Å². The predicted molar refractivity (Wildman–Crippen MR) is 214 cm³/mol. The number of hydrogen-bond acceptors (Lipinski definition) is 6. The molecule has 0 saturated heterocycles. The number of halogens is 5. The van der Waals surface area contributed by atoms with Crippen molar-refractivity contribution >= 4 is 98.1 Å². The molecule has 0 unspecified atom stereocenters. The average Bonchev–Trinajstić information content (AvgIpc) is 2.97. The summed E-state index contributed by atoms with van der Waals surface area (Å²) in [5.74, 6) is 1.27. The van der Waals surface area contributed by atoms with Crippen molar-refractivity contribution in [2.24, 2.45) is 5.73 Å². The van der Waals surface area contributed by atoms with Gasteiger partial charge in [-0.3, -0.25) is 0 Å². The summed E-state index contributed by atoms with van der Waals surface area (Å²) in [7, 11) is 0. The molecule has 4 aromatic carbocycles. The minimum absolute atomic E-state index is 0. The van der Waals surface area contributed by atoms with E-state index in [4.69, 9.17) is 17.3 Å². The van der Waals surface area contributed by atoms with E-state index in [0.29, 0.717) is 33.2 Å². The van der Waals surface area contributed by atoms with E-state index in [2.05, 4.69) is 76.2 Å². The average molecular weight is 841 g/mol. The Morgan fingerprint density at radius 1 is 0.667 bits per heavy atom. The maximum atomic E-state index is 13.4. The molecule has 256 valence electrons. The number of fused-ring (bicyclic) bond motifs is 2. The molecule has 0 aliphatic carbocycles. The second-order valence-corrected chi connectivity index (χ2v) is 12.5. The molecule has 13 heteroatoms. The van der Waals surface area contributed by atoms with Crippen LogP contribution in [0, 0.1) is 25.5 Å². The van der Waals surface area contributed by atoms with E-state index < -0.39 is 0 Å². The van der Waals surface area contributed by atoms with Gasteiger partial charge < -0.3 is 11.1 Å². The van der Waals surface area contributed by atoms with Gasteiger partial charge in [-0.15, -0.1) is 0 Å². The van der Waals surface area contributed by atoms with Crippen LogP contribution in [-0.4, -0.2) is 19.9 Å². The minimum Gasteiger partial charge on any atom is -0.363 e. The van der Waals surface area contributed by atoms with E-state index >= 15 is 0 Å². The second-order valence-electron chi connectivity index (χ2n) is 10.3. The summed E-state index contributed by atoms with van der Waals surface area (Å²) in [4.78, 5) is 16.8. The lowest BCUT2D eigenvalue weighted by Gasteiger charge is -2.17. The number of anilines is 1. The van der Waals surface area contributed by atoms with E-state index in [-0.39, 0.29) is 58.1 Å². The Labute approximate surface area is 316 Å². The maximum absolute atomic E-state index is 13.4. The quantitative estimate of drug-likeness (QED) is 0.172. The van der Waals surface area contributed by atoms with E-state index in [9.17, 15) is 8.78 Å². The number of nitrogens with zero attached hydrogens (tertiary/aromatic N) is 4. The van der Waals surface area contributed by atoms with Crippen LogP contribution in [0.15, 0.2) is 93.9 Å². The molecule has 0 bridgehead atoms. The van der Waals surface area contributed by atoms with Gasteiger partial charge in [-0.2, -0.15) is 27.0 Å². The van der Waals surface area contributed by atoms with Crippen LogP contribution in [0.3, 0.4) is 0 Å². The van der Waals surface area contributed by atoms with Gasteiger partial charge >= 0.3 is 0 Å². The molecule has 48 heavy (non-hydrogen) atoms. The monoisotopic (exact) mass is 838 g/mol. The lowest BCUT2D eigenvalue weighted by Crippen LogP contribution is -2.09. The van der Waals surface area contributed by atoms with E-state index in [1.165, 1.54) is 29.8 Å². The van der Waals surface area contributed by atoms with Gasteiger partial charge in [-0.1, -0.05) is 75.2 Å². The first kappa shape index (κ1) is 43.2. The number of hydrogen-bond donors (Lipinski definition) is 2. The number of rotatable bonds is 4. The first-order chi connectivity index (χ1) is 21.4. The Bertz CT molecular complexity index is 1910. The highest BCUT2D eigenvalue weighted by Crippen LogP contribution is 2.26. The van der Waals surface area contributed by atoms with Crippen LogP contribution in [0.4, 0.5) is 14.6 Å². The molecule has 0 spiro atoms. The van der Waals surface area contributed by atoms with Crippen LogP contribution in [0.5, 0.6) is 0 Å². The Morgan fingerprint density at radius 2 is 1.10 bits per heavy atom. The molecule has 6 rings (SSSR count). The highest BCUT2D eigenvalue weighted by Gasteiger charge is 2.11. The van der Waals surface area contributed by atoms with Crippen LogP contribution in [-0.2, 0) is 0 Å². The summed E-state index contributed by atoms with van der Waals surface area (Å²) in [6.45, 7) is 7.56. The highest BCUT2D eigenvalue weighted by molar-refractivity contribution is 9.10. The normalized spacial score (nSPS) is 11.3. The van der Waals surface area contributed by atoms with Crippen molar-refractivity contribution in [3.05, 3.63) is 133 Å². The molecule has 2 heterocycles. The fourth-order valence-electron chi connectivity index (χ4n) is 4.31. The van der Waals surface area contributed by atoms with Crippen molar-refractivity contribution in [1.29, 1.82) is 0 Å². The molecule has 0 radical (unpaired) electrons. The first-order valence-electron chi connectivity index (χ1n) is 14.0. The Balaban J connectivity index is 0.000000381. The molecule has 0 saturated carbocycles. The molecule has 6 aromatic rings. The van der Waals surface area contributed by atoms with Gasteiger partial charge in [0.25, 0.3) is 0 Å². The van der Waals surface area contributed by atoms with Crippen molar-refractivity contribution in [3.8, 4) is 0 Å². The zero-order valence-corrected chi connectivity index (χ0v) is 31.9. The lowest BCUT2D eigenvalue weighted by molar-refractivity contribution is 0.629. The van der Waals surface area contributed by atoms with Crippen molar-refractivity contribution in [3.63, 3.8) is 0 Å². The number of benzene rings is 4. The predicted octanol–water partition coefficient (Wildman–Crippen LogP) is 11.1. The van der Waals surface area contributed by atoms with E-state index in [0.717, 1.165) is 25.7 Å². The summed E-state index contributed by atoms with van der Waals surface area (Å²) in [6, 6.07) is 25.2. The second kappa shape index (κ2) is 20.0. The Morgan fingerprint density at radius 3 is 1.60 bits per heavy atom. The molecule has 6 nitrogen and oxygen atoms in total. The fourth-order valence-corrected chi connectivity index (χ4v) is 5.12. The van der Waals surface area contributed by atoms with Crippen LogP contribution in [0.25, 0.3) is 21.8 Å². The molecule has 0 fully saturated rings. The molecule has 0 aliphatic rings. The summed E-state index contributed by atoms with van der Waals surface area (Å²) < 4.78 is 28.3. The largest absolute Gasteiger partial charge is 0.363 e. The minimum atomic E-state index is -0.318. The smallest absolute Gasteiger partial charge is 0.140 e. The molecule has 3 N–H and O–H groups in total. The van der Waals surface area contributed by atoms with Gasteiger partial charge in [0.05, 0.1) is 11.0 Å². The van der Waals surface area contributed by atoms with Crippen LogP contribution in [0.1, 0.15) is 56.1 Å². The van der Waals surface area contributed by atoms with Gasteiger partial charge in [0.15, 0.2) is 0 Å². The third-order valence-electron chi connectivity index (χ3n) is 6.61. The summed E-state index contributed by atoms with van der Waals surface area (Å²) in [5.41, 5.74) is 9.11. The lowest BCUT2D eigenvalue weighted by atomic mass is 10.1. The van der Waals surface area contributed by atoms with Crippen molar-refractivity contribution < 1.29 is 8.78 Å². The van der Waals surface area contributed by atoms with Gasteiger partial charge in [0.2, 0.25) is 0 Å². The third kappa shape index (κ3) is 12.2. The van der Waals surface area contributed by atoms with E-state index in [1.54, 1.807) is 26.0 Å². The molecule has 2 atom stereocenters. The zero-order chi connectivity index (χ0) is 32.7. The number of aromatic nitrogens is 4. The summed E-state index contributed by atoms with van der Waals surface area (Å²) in [5, 5.41) is 5.25. The molecule has 0 amide bonds. The van der Waals surface area contributed by atoms with Crippen molar-refractivity contribution in [1.82, 2.24) is 19.9 Å². The van der Waals surface area contributed by atoms with Gasteiger partial charge in [0, 0.05) is 43.9 Å². The number of nitrogens with one attached hydrogen (secondary N) is 1. The first-order valence-corrected chi connectivity index (χ1v) is 15.9. The zero-order valence-electron chi connectivity index (χ0n) is 26.0. The maximum Gasteiger partial charge on any atom is 0.140 e. The summed E-state index contributed by atoms with van der Waals surface area (Å²) in [6.07, 6.45) is 0. The van der Waals surface area contributed by atoms with Crippen LogP contribution >= 0.6 is 70.5 Å². The number of nitrogens with two attached hydrogens (primary N) is 1. The van der Waals surface area contributed by atoms with E-state index in [1.807, 2.05) is 43.3 Å². The third-order valence-corrected chi connectivity index (χ3v) is 7.96. The number of aryl methyl sites for hydroxylation is 2. The van der Waals surface area contributed by atoms with Gasteiger partial charge in [0.1, 0.15) is 34.3 Å². The Hall–Kier alpha value is -2.87. The van der Waals surface area contributed by atoms with Crippen LogP contribution in [0.2, 0.25) is 5.15 Å².